The van der Waals surface area contributed by atoms with Gasteiger partial charge in [0.05, 0.1) is 5.75 Å². The van der Waals surface area contributed by atoms with Crippen LogP contribution < -0.4 is 5.32 Å². The fraction of sp³-hybridized carbons (Fsp3) is 0.192. The van der Waals surface area contributed by atoms with E-state index in [4.69, 9.17) is 11.6 Å². The molecule has 7 heteroatoms. The van der Waals surface area contributed by atoms with Crippen molar-refractivity contribution < 1.29 is 4.79 Å². The molecule has 3 aromatic carbocycles. The molecule has 0 unspecified atom stereocenters. The second-order valence-electron chi connectivity index (χ2n) is 8.07. The van der Waals surface area contributed by atoms with Crippen LogP contribution >= 0.6 is 23.4 Å². The van der Waals surface area contributed by atoms with Crippen molar-refractivity contribution in [2.24, 2.45) is 0 Å². The van der Waals surface area contributed by atoms with E-state index in [2.05, 4.69) is 29.4 Å². The number of rotatable bonds is 7. The molecule has 1 amide bonds. The number of amides is 1. The first-order valence-corrected chi connectivity index (χ1v) is 12.1. The summed E-state index contributed by atoms with van der Waals surface area (Å²) < 4.78 is 1.96. The van der Waals surface area contributed by atoms with Crippen LogP contribution in [0.25, 0.3) is 17.1 Å². The standard InChI is InChI=1S/C26H25ClN4OS/c1-17(2)22-9-4-5-10-23(22)28-24(32)16-33-26-30-29-25(19-7-6-8-20(27)15-19)31(26)21-13-11-18(3)12-14-21/h4-15,17H,16H2,1-3H3,(H,28,32). The van der Waals surface area contributed by atoms with Crippen molar-refractivity contribution in [3.63, 3.8) is 0 Å². The predicted octanol–water partition coefficient (Wildman–Crippen LogP) is 6.75. The molecule has 4 rings (SSSR count). The second kappa shape index (κ2) is 10.2. The third kappa shape index (κ3) is 5.46. The lowest BCUT2D eigenvalue weighted by Gasteiger charge is -2.14. The Hall–Kier alpha value is -3.09. The third-order valence-corrected chi connectivity index (χ3v) is 6.36. The summed E-state index contributed by atoms with van der Waals surface area (Å²) in [4.78, 5) is 12.8. The number of benzene rings is 3. The number of hydrogen-bond donors (Lipinski definition) is 1. The van der Waals surface area contributed by atoms with Crippen molar-refractivity contribution in [3.8, 4) is 17.1 Å². The first kappa shape index (κ1) is 23.1. The lowest BCUT2D eigenvalue weighted by Crippen LogP contribution is -2.16. The van der Waals surface area contributed by atoms with Crippen molar-refractivity contribution in [1.29, 1.82) is 0 Å². The van der Waals surface area contributed by atoms with Crippen LogP contribution in [0, 0.1) is 6.92 Å². The van der Waals surface area contributed by atoms with Crippen LogP contribution in [0.1, 0.15) is 30.9 Å². The minimum atomic E-state index is -0.0872. The molecule has 168 valence electrons. The molecular formula is C26H25ClN4OS. The highest BCUT2D eigenvalue weighted by atomic mass is 35.5. The largest absolute Gasteiger partial charge is 0.325 e. The minimum Gasteiger partial charge on any atom is -0.325 e. The number of carbonyl (C=O) groups excluding carboxylic acids is 1. The molecule has 0 aliphatic carbocycles. The molecule has 0 fully saturated rings. The van der Waals surface area contributed by atoms with Crippen LogP contribution in [-0.2, 0) is 4.79 Å². The van der Waals surface area contributed by atoms with Crippen LogP contribution in [0.4, 0.5) is 5.69 Å². The summed E-state index contributed by atoms with van der Waals surface area (Å²) in [7, 11) is 0. The second-order valence-corrected chi connectivity index (χ2v) is 9.45. The highest BCUT2D eigenvalue weighted by molar-refractivity contribution is 7.99. The fourth-order valence-corrected chi connectivity index (χ4v) is 4.48. The van der Waals surface area contributed by atoms with Gasteiger partial charge < -0.3 is 5.32 Å². The number of nitrogens with zero attached hydrogens (tertiary/aromatic N) is 3. The average Bonchev–Trinajstić information content (AvgIpc) is 3.22. The van der Waals surface area contributed by atoms with Gasteiger partial charge in [0.25, 0.3) is 0 Å². The molecule has 4 aromatic rings. The van der Waals surface area contributed by atoms with E-state index in [1.54, 1.807) is 0 Å². The van der Waals surface area contributed by atoms with Crippen molar-refractivity contribution in [2.45, 2.75) is 31.8 Å². The van der Waals surface area contributed by atoms with Crippen molar-refractivity contribution >= 4 is 35.0 Å². The van der Waals surface area contributed by atoms with E-state index in [1.807, 2.05) is 84.3 Å². The lowest BCUT2D eigenvalue weighted by atomic mass is 10.0. The maximum atomic E-state index is 12.8. The van der Waals surface area contributed by atoms with Gasteiger partial charge in [0.2, 0.25) is 5.91 Å². The Morgan fingerprint density at radius 2 is 1.79 bits per heavy atom. The number of thioether (sulfide) groups is 1. The van der Waals surface area contributed by atoms with Crippen LogP contribution in [0.15, 0.2) is 78.0 Å². The van der Waals surface area contributed by atoms with Gasteiger partial charge >= 0.3 is 0 Å². The van der Waals surface area contributed by atoms with Gasteiger partial charge in [-0.2, -0.15) is 0 Å². The Labute approximate surface area is 203 Å². The van der Waals surface area contributed by atoms with Crippen LogP contribution in [-0.4, -0.2) is 26.4 Å². The number of para-hydroxylation sites is 1. The number of anilines is 1. The Bertz CT molecular complexity index is 1270. The van der Waals surface area contributed by atoms with Gasteiger partial charge in [0, 0.05) is 22.0 Å². The maximum Gasteiger partial charge on any atom is 0.234 e. The molecule has 0 atom stereocenters. The van der Waals surface area contributed by atoms with Crippen LogP contribution in [0.5, 0.6) is 0 Å². The molecule has 0 saturated heterocycles. The van der Waals surface area contributed by atoms with Crippen molar-refractivity contribution in [1.82, 2.24) is 14.8 Å². The van der Waals surface area contributed by atoms with Gasteiger partial charge in [-0.05, 0) is 48.7 Å². The lowest BCUT2D eigenvalue weighted by molar-refractivity contribution is -0.113. The summed E-state index contributed by atoms with van der Waals surface area (Å²) in [5.41, 5.74) is 4.90. The zero-order chi connectivity index (χ0) is 23.4. The zero-order valence-corrected chi connectivity index (χ0v) is 20.3. The van der Waals surface area contributed by atoms with Gasteiger partial charge in [0.15, 0.2) is 11.0 Å². The molecule has 0 saturated carbocycles. The smallest absolute Gasteiger partial charge is 0.234 e. The Kier molecular flexibility index (Phi) is 7.16. The van der Waals surface area contributed by atoms with Gasteiger partial charge in [0.1, 0.15) is 0 Å². The van der Waals surface area contributed by atoms with Gasteiger partial charge in [-0.15, -0.1) is 10.2 Å². The molecule has 33 heavy (non-hydrogen) atoms. The highest BCUT2D eigenvalue weighted by Crippen LogP contribution is 2.30. The maximum absolute atomic E-state index is 12.8. The molecule has 0 bridgehead atoms. The third-order valence-electron chi connectivity index (χ3n) is 5.20. The van der Waals surface area contributed by atoms with E-state index in [0.29, 0.717) is 21.9 Å². The molecule has 0 aliphatic rings. The van der Waals surface area contributed by atoms with Crippen LogP contribution in [0.2, 0.25) is 5.02 Å². The van der Waals surface area contributed by atoms with Gasteiger partial charge in [-0.3, -0.25) is 9.36 Å². The van der Waals surface area contributed by atoms with E-state index in [-0.39, 0.29) is 11.7 Å². The topological polar surface area (TPSA) is 59.8 Å². The molecule has 1 aromatic heterocycles. The highest BCUT2D eigenvalue weighted by Gasteiger charge is 2.18. The Morgan fingerprint density at radius 1 is 1.03 bits per heavy atom. The molecular weight excluding hydrogens is 452 g/mol. The van der Waals surface area contributed by atoms with E-state index >= 15 is 0 Å². The Morgan fingerprint density at radius 3 is 2.52 bits per heavy atom. The van der Waals surface area contributed by atoms with E-state index in [0.717, 1.165) is 28.1 Å². The van der Waals surface area contributed by atoms with Crippen molar-refractivity contribution in [3.05, 3.63) is 88.9 Å². The van der Waals surface area contributed by atoms with E-state index in [9.17, 15) is 4.79 Å². The minimum absolute atomic E-state index is 0.0872. The molecule has 0 radical (unpaired) electrons. The summed E-state index contributed by atoms with van der Waals surface area (Å²) in [5, 5.41) is 13.1. The summed E-state index contributed by atoms with van der Waals surface area (Å²) in [6.45, 7) is 6.27. The summed E-state index contributed by atoms with van der Waals surface area (Å²) in [6.07, 6.45) is 0. The predicted molar refractivity (Wildman–Crippen MR) is 136 cm³/mol. The van der Waals surface area contributed by atoms with Crippen LogP contribution in [0.3, 0.4) is 0 Å². The quantitative estimate of drug-likeness (QED) is 0.300. The van der Waals surface area contributed by atoms with Gasteiger partial charge in [-0.1, -0.05) is 85.2 Å². The average molecular weight is 477 g/mol. The van der Waals surface area contributed by atoms with Crippen molar-refractivity contribution in [2.75, 3.05) is 11.1 Å². The fourth-order valence-electron chi connectivity index (χ4n) is 3.54. The number of aromatic nitrogens is 3. The summed E-state index contributed by atoms with van der Waals surface area (Å²) >= 11 is 7.57. The molecule has 0 spiro atoms. The first-order valence-electron chi connectivity index (χ1n) is 10.7. The molecule has 0 aliphatic heterocycles. The zero-order valence-electron chi connectivity index (χ0n) is 18.7. The number of carbonyl (C=O) groups is 1. The normalized spacial score (nSPS) is 11.1. The van der Waals surface area contributed by atoms with E-state index < -0.39 is 0 Å². The number of nitrogens with one attached hydrogen (secondary N) is 1. The molecule has 5 nitrogen and oxygen atoms in total. The number of hydrogen-bond acceptors (Lipinski definition) is 4. The SMILES string of the molecule is Cc1ccc(-n2c(SCC(=O)Nc3ccccc3C(C)C)nnc2-c2cccc(Cl)c2)cc1. The summed E-state index contributed by atoms with van der Waals surface area (Å²) in [6, 6.07) is 23.5. The molecule has 1 heterocycles. The van der Waals surface area contributed by atoms with E-state index in [1.165, 1.54) is 11.8 Å². The number of aryl methyl sites for hydroxylation is 1. The Balaban J connectivity index is 1.60. The number of halogens is 1. The molecule has 1 N–H and O–H groups in total. The van der Waals surface area contributed by atoms with Gasteiger partial charge in [-0.25, -0.2) is 0 Å². The first-order chi connectivity index (χ1) is 15.9. The summed E-state index contributed by atoms with van der Waals surface area (Å²) in [5.74, 6) is 1.12. The monoisotopic (exact) mass is 476 g/mol.